The lowest BCUT2D eigenvalue weighted by Crippen LogP contribution is -2.40. The molecule has 0 atom stereocenters. The van der Waals surface area contributed by atoms with Gasteiger partial charge in [0.2, 0.25) is 10.0 Å². The Bertz CT molecular complexity index is 1290. The molecule has 1 saturated heterocycles. The van der Waals surface area contributed by atoms with Crippen molar-refractivity contribution in [3.05, 3.63) is 53.2 Å². The number of halogens is 1. The molecular weight excluding hydrogens is 458 g/mol. The SMILES string of the molecule is COc1cccc(Nc2c(S(=O)(=O)N3CCOCC3)cnc3ccc(Cl)cc23)c1C(=O)O. The average molecular weight is 478 g/mol. The normalized spacial score (nSPS) is 14.9. The van der Waals surface area contributed by atoms with Crippen LogP contribution in [0.3, 0.4) is 0 Å². The van der Waals surface area contributed by atoms with E-state index in [2.05, 4.69) is 10.3 Å². The number of carboxylic acid groups (broad SMARTS) is 1. The molecule has 168 valence electrons. The van der Waals surface area contributed by atoms with Gasteiger partial charge in [0.25, 0.3) is 0 Å². The Morgan fingerprint density at radius 1 is 1.25 bits per heavy atom. The van der Waals surface area contributed by atoms with E-state index in [0.717, 1.165) is 0 Å². The maximum atomic E-state index is 13.5. The van der Waals surface area contributed by atoms with Crippen molar-refractivity contribution in [2.75, 3.05) is 38.7 Å². The number of hydrogen-bond acceptors (Lipinski definition) is 7. The number of fused-ring (bicyclic) bond motifs is 1. The second kappa shape index (κ2) is 8.91. The molecule has 0 aliphatic carbocycles. The van der Waals surface area contributed by atoms with E-state index in [9.17, 15) is 18.3 Å². The van der Waals surface area contributed by atoms with Crippen molar-refractivity contribution < 1.29 is 27.8 Å². The van der Waals surface area contributed by atoms with Crippen LogP contribution in [0, 0.1) is 0 Å². The van der Waals surface area contributed by atoms with Gasteiger partial charge in [-0.15, -0.1) is 0 Å². The summed E-state index contributed by atoms with van der Waals surface area (Å²) < 4.78 is 38.8. The van der Waals surface area contributed by atoms with Gasteiger partial charge in [-0.1, -0.05) is 17.7 Å². The molecule has 1 aromatic heterocycles. The quantitative estimate of drug-likeness (QED) is 0.554. The second-order valence-corrected chi connectivity index (χ2v) is 9.33. The first-order chi connectivity index (χ1) is 15.3. The van der Waals surface area contributed by atoms with E-state index in [0.29, 0.717) is 15.9 Å². The average Bonchev–Trinajstić information content (AvgIpc) is 2.79. The zero-order valence-corrected chi connectivity index (χ0v) is 18.6. The number of pyridine rings is 1. The third-order valence-corrected chi connectivity index (χ3v) is 7.25. The van der Waals surface area contributed by atoms with Crippen molar-refractivity contribution in [3.63, 3.8) is 0 Å². The molecule has 2 N–H and O–H groups in total. The van der Waals surface area contributed by atoms with Crippen LogP contribution in [0.25, 0.3) is 10.9 Å². The van der Waals surface area contributed by atoms with Gasteiger partial charge in [0.05, 0.1) is 37.2 Å². The topological polar surface area (TPSA) is 118 Å². The summed E-state index contributed by atoms with van der Waals surface area (Å²) >= 11 is 6.19. The van der Waals surface area contributed by atoms with Crippen molar-refractivity contribution >= 4 is 49.9 Å². The molecule has 0 bridgehead atoms. The van der Waals surface area contributed by atoms with E-state index in [4.69, 9.17) is 21.1 Å². The number of morpholine rings is 1. The van der Waals surface area contributed by atoms with E-state index < -0.39 is 16.0 Å². The molecule has 0 spiro atoms. The first kappa shape index (κ1) is 22.3. The van der Waals surface area contributed by atoms with Crippen molar-refractivity contribution in [3.8, 4) is 5.75 Å². The second-order valence-electron chi connectivity index (χ2n) is 6.99. The molecule has 3 aromatic rings. The zero-order valence-electron chi connectivity index (χ0n) is 17.0. The monoisotopic (exact) mass is 477 g/mol. The molecule has 0 amide bonds. The van der Waals surface area contributed by atoms with Gasteiger partial charge in [-0.2, -0.15) is 4.31 Å². The van der Waals surface area contributed by atoms with Gasteiger partial charge in [0.15, 0.2) is 0 Å². The maximum absolute atomic E-state index is 13.5. The van der Waals surface area contributed by atoms with Gasteiger partial charge in [0, 0.05) is 29.7 Å². The Balaban J connectivity index is 1.95. The lowest BCUT2D eigenvalue weighted by molar-refractivity contribution is 0.0694. The van der Waals surface area contributed by atoms with Crippen molar-refractivity contribution in [2.45, 2.75) is 4.90 Å². The number of hydrogen-bond donors (Lipinski definition) is 2. The number of ether oxygens (including phenoxy) is 2. The highest BCUT2D eigenvalue weighted by atomic mass is 35.5. The van der Waals surface area contributed by atoms with Crippen LogP contribution in [0.2, 0.25) is 5.02 Å². The number of nitrogens with zero attached hydrogens (tertiary/aromatic N) is 2. The smallest absolute Gasteiger partial charge is 0.341 e. The Morgan fingerprint density at radius 3 is 2.69 bits per heavy atom. The maximum Gasteiger partial charge on any atom is 0.341 e. The molecule has 1 aliphatic heterocycles. The summed E-state index contributed by atoms with van der Waals surface area (Å²) in [5.74, 6) is -1.09. The van der Waals surface area contributed by atoms with Crippen LogP contribution in [-0.4, -0.2) is 62.2 Å². The van der Waals surface area contributed by atoms with Gasteiger partial charge >= 0.3 is 5.97 Å². The highest BCUT2D eigenvalue weighted by Crippen LogP contribution is 2.37. The summed E-state index contributed by atoms with van der Waals surface area (Å²) in [6, 6.07) is 9.56. The molecule has 2 heterocycles. The van der Waals surface area contributed by atoms with Crippen LogP contribution < -0.4 is 10.1 Å². The van der Waals surface area contributed by atoms with Crippen LogP contribution in [0.15, 0.2) is 47.5 Å². The summed E-state index contributed by atoms with van der Waals surface area (Å²) in [6.07, 6.45) is 1.27. The van der Waals surface area contributed by atoms with E-state index in [1.54, 1.807) is 24.3 Å². The van der Waals surface area contributed by atoms with Crippen LogP contribution in [-0.2, 0) is 14.8 Å². The Morgan fingerprint density at radius 2 is 2.00 bits per heavy atom. The van der Waals surface area contributed by atoms with Gasteiger partial charge in [-0.3, -0.25) is 4.98 Å². The summed E-state index contributed by atoms with van der Waals surface area (Å²) in [5.41, 5.74) is 0.719. The molecular formula is C21H20ClN3O6S. The van der Waals surface area contributed by atoms with E-state index in [1.807, 2.05) is 0 Å². The fraction of sp³-hybridized carbons (Fsp3) is 0.238. The van der Waals surface area contributed by atoms with Gasteiger partial charge < -0.3 is 19.9 Å². The molecule has 32 heavy (non-hydrogen) atoms. The molecule has 0 unspecified atom stereocenters. The number of carboxylic acids is 1. The summed E-state index contributed by atoms with van der Waals surface area (Å²) in [4.78, 5) is 16.2. The number of aromatic nitrogens is 1. The van der Waals surface area contributed by atoms with Gasteiger partial charge in [0.1, 0.15) is 16.2 Å². The number of methoxy groups -OCH3 is 1. The third-order valence-electron chi connectivity index (χ3n) is 5.10. The number of aromatic carboxylic acids is 1. The van der Waals surface area contributed by atoms with Gasteiger partial charge in [-0.25, -0.2) is 13.2 Å². The Kier molecular flexibility index (Phi) is 6.20. The Hall–Kier alpha value is -2.92. The number of benzene rings is 2. The zero-order chi connectivity index (χ0) is 22.9. The third kappa shape index (κ3) is 4.09. The minimum absolute atomic E-state index is 0.0895. The van der Waals surface area contributed by atoms with Crippen molar-refractivity contribution in [2.24, 2.45) is 0 Å². The number of carbonyl (C=O) groups is 1. The lowest BCUT2D eigenvalue weighted by Gasteiger charge is -2.27. The molecule has 9 nitrogen and oxygen atoms in total. The van der Waals surface area contributed by atoms with Gasteiger partial charge in [-0.05, 0) is 30.3 Å². The number of nitrogens with one attached hydrogen (secondary N) is 1. The number of anilines is 2. The molecule has 4 rings (SSSR count). The van der Waals surface area contributed by atoms with Crippen LogP contribution in [0.1, 0.15) is 10.4 Å². The first-order valence-corrected chi connectivity index (χ1v) is 11.5. The molecule has 2 aromatic carbocycles. The number of sulfonamides is 1. The van der Waals surface area contributed by atoms with E-state index in [-0.39, 0.29) is 53.9 Å². The molecule has 1 fully saturated rings. The lowest BCUT2D eigenvalue weighted by atomic mass is 10.1. The predicted molar refractivity (Wildman–Crippen MR) is 120 cm³/mol. The molecule has 0 radical (unpaired) electrons. The van der Waals surface area contributed by atoms with Crippen LogP contribution >= 0.6 is 11.6 Å². The minimum atomic E-state index is -3.96. The summed E-state index contributed by atoms with van der Waals surface area (Å²) in [7, 11) is -2.60. The fourth-order valence-electron chi connectivity index (χ4n) is 3.56. The van der Waals surface area contributed by atoms with Crippen molar-refractivity contribution in [1.29, 1.82) is 0 Å². The highest BCUT2D eigenvalue weighted by Gasteiger charge is 2.31. The molecule has 0 saturated carbocycles. The summed E-state index contributed by atoms with van der Waals surface area (Å²) in [6.45, 7) is 0.978. The Labute approximate surface area is 189 Å². The molecule has 1 aliphatic rings. The van der Waals surface area contributed by atoms with Crippen LogP contribution in [0.4, 0.5) is 11.4 Å². The fourth-order valence-corrected chi connectivity index (χ4v) is 5.24. The van der Waals surface area contributed by atoms with E-state index >= 15 is 0 Å². The largest absolute Gasteiger partial charge is 0.496 e. The predicted octanol–water partition coefficient (Wildman–Crippen LogP) is 3.36. The standard InChI is InChI=1S/C21H20ClN3O6S/c1-30-17-4-2-3-16(19(17)21(26)27)24-20-14-11-13(22)5-6-15(14)23-12-18(20)32(28,29)25-7-9-31-10-8-25/h2-6,11-12H,7-10H2,1H3,(H,23,24)(H,26,27). The first-order valence-electron chi connectivity index (χ1n) is 9.66. The van der Waals surface area contributed by atoms with Crippen molar-refractivity contribution in [1.82, 2.24) is 9.29 Å². The summed E-state index contributed by atoms with van der Waals surface area (Å²) in [5, 5.41) is 13.6. The minimum Gasteiger partial charge on any atom is -0.496 e. The van der Waals surface area contributed by atoms with Crippen LogP contribution in [0.5, 0.6) is 5.75 Å². The molecule has 11 heteroatoms. The number of rotatable bonds is 6. The highest BCUT2D eigenvalue weighted by molar-refractivity contribution is 7.89. The van der Waals surface area contributed by atoms with E-state index in [1.165, 1.54) is 29.7 Å².